The average Bonchev–Trinajstić information content (AvgIpc) is 2.63. The monoisotopic (exact) mass is 415 g/mol. The number of piperidine rings is 1. The third-order valence-electron chi connectivity index (χ3n) is 5.03. The van der Waals surface area contributed by atoms with Gasteiger partial charge in [0, 0.05) is 41.2 Å². The van der Waals surface area contributed by atoms with Crippen LogP contribution in [0.1, 0.15) is 52.0 Å². The van der Waals surface area contributed by atoms with E-state index in [9.17, 15) is 19.2 Å². The van der Waals surface area contributed by atoms with Crippen molar-refractivity contribution < 1.29 is 14.4 Å². The Morgan fingerprint density at radius 3 is 2.38 bits per heavy atom. The number of hydrogen-bond acceptors (Lipinski definition) is 4. The van der Waals surface area contributed by atoms with Crippen LogP contribution in [0.5, 0.6) is 0 Å². The van der Waals surface area contributed by atoms with Crippen LogP contribution in [0.4, 0.5) is 5.69 Å². The van der Waals surface area contributed by atoms with Crippen LogP contribution in [-0.4, -0.2) is 22.7 Å². The Morgan fingerprint density at radius 1 is 1.10 bits per heavy atom. The van der Waals surface area contributed by atoms with Crippen LogP contribution in [0, 0.1) is 20.8 Å². The number of H-pyrrole nitrogens is 1. The molecule has 1 aliphatic heterocycles. The van der Waals surface area contributed by atoms with Gasteiger partial charge in [0.2, 0.25) is 11.8 Å². The lowest BCUT2D eigenvalue weighted by Gasteiger charge is -2.27. The number of halogens is 1. The molecule has 1 saturated heterocycles. The van der Waals surface area contributed by atoms with Gasteiger partial charge in [-0.25, -0.2) is 0 Å². The number of nitrogens with zero attached hydrogens (tertiary/aromatic N) is 1. The summed E-state index contributed by atoms with van der Waals surface area (Å²) in [6, 6.07) is 4.84. The Balaban J connectivity index is 1.90. The number of anilines is 1. The molecule has 0 radical (unpaired) electrons. The second-order valence-electron chi connectivity index (χ2n) is 7.20. The number of carbonyl (C=O) groups excluding carboxylic acids is 3. The number of aryl methyl sites for hydroxylation is 2. The highest BCUT2D eigenvalue weighted by molar-refractivity contribution is 6.32. The maximum Gasteiger partial charge on any atom is 0.253 e. The lowest BCUT2D eigenvalue weighted by atomic mass is 10.0. The normalized spacial score (nSPS) is 14.3. The van der Waals surface area contributed by atoms with E-state index in [4.69, 9.17) is 11.6 Å². The Hall–Kier alpha value is -2.93. The van der Waals surface area contributed by atoms with Crippen LogP contribution < -0.4 is 15.8 Å². The summed E-state index contributed by atoms with van der Waals surface area (Å²) >= 11 is 6.18. The number of amides is 3. The first-order chi connectivity index (χ1) is 13.7. The maximum atomic E-state index is 12.8. The molecular formula is C21H22ClN3O4. The summed E-state index contributed by atoms with van der Waals surface area (Å²) < 4.78 is 0. The van der Waals surface area contributed by atoms with Crippen molar-refractivity contribution >= 4 is 35.0 Å². The van der Waals surface area contributed by atoms with Crippen LogP contribution in [0.3, 0.4) is 0 Å². The van der Waals surface area contributed by atoms with Crippen LogP contribution in [0.15, 0.2) is 23.0 Å². The lowest BCUT2D eigenvalue weighted by Crippen LogP contribution is -2.41. The number of aromatic nitrogens is 1. The van der Waals surface area contributed by atoms with Gasteiger partial charge in [0.1, 0.15) is 0 Å². The molecule has 1 aromatic heterocycles. The smallest absolute Gasteiger partial charge is 0.253 e. The molecule has 2 aromatic rings. The number of nitrogens with one attached hydrogen (secondary N) is 2. The molecule has 0 spiro atoms. The first-order valence-electron chi connectivity index (χ1n) is 9.32. The highest BCUT2D eigenvalue weighted by Gasteiger charge is 2.30. The fourth-order valence-electron chi connectivity index (χ4n) is 3.52. The quantitative estimate of drug-likeness (QED) is 0.750. The van der Waals surface area contributed by atoms with Crippen LogP contribution in [-0.2, 0) is 16.1 Å². The van der Waals surface area contributed by atoms with E-state index in [1.54, 1.807) is 20.8 Å². The van der Waals surface area contributed by atoms with E-state index in [0.717, 1.165) is 16.2 Å². The van der Waals surface area contributed by atoms with E-state index in [2.05, 4.69) is 10.3 Å². The van der Waals surface area contributed by atoms with E-state index in [-0.39, 0.29) is 47.3 Å². The molecule has 3 amide bonds. The number of pyridine rings is 1. The van der Waals surface area contributed by atoms with Crippen molar-refractivity contribution in [3.05, 3.63) is 61.5 Å². The molecule has 8 heteroatoms. The van der Waals surface area contributed by atoms with Gasteiger partial charge >= 0.3 is 0 Å². The fraction of sp³-hybridized carbons (Fsp3) is 0.333. The van der Waals surface area contributed by atoms with Gasteiger partial charge in [-0.1, -0.05) is 11.6 Å². The van der Waals surface area contributed by atoms with Gasteiger partial charge in [0.25, 0.3) is 11.5 Å². The molecule has 2 N–H and O–H groups in total. The van der Waals surface area contributed by atoms with Crippen molar-refractivity contribution in [2.45, 2.75) is 46.6 Å². The molecule has 0 aliphatic carbocycles. The van der Waals surface area contributed by atoms with Crippen molar-refractivity contribution in [2.24, 2.45) is 0 Å². The molecule has 1 aromatic carbocycles. The van der Waals surface area contributed by atoms with E-state index in [0.29, 0.717) is 23.2 Å². The van der Waals surface area contributed by atoms with Crippen molar-refractivity contribution in [1.82, 2.24) is 10.3 Å². The van der Waals surface area contributed by atoms with E-state index >= 15 is 0 Å². The number of hydrogen-bond donors (Lipinski definition) is 2. The van der Waals surface area contributed by atoms with Gasteiger partial charge in [0.15, 0.2) is 0 Å². The summed E-state index contributed by atoms with van der Waals surface area (Å²) in [5.41, 5.74) is 2.78. The second-order valence-corrected chi connectivity index (χ2v) is 7.64. The molecule has 0 bridgehead atoms. The number of carbonyl (C=O) groups is 3. The molecule has 3 rings (SSSR count). The molecular weight excluding hydrogens is 394 g/mol. The van der Waals surface area contributed by atoms with Gasteiger partial charge in [0.05, 0.1) is 5.69 Å². The summed E-state index contributed by atoms with van der Waals surface area (Å²) in [6.45, 7) is 5.31. The summed E-state index contributed by atoms with van der Waals surface area (Å²) in [6.07, 6.45) is 1.06. The summed E-state index contributed by atoms with van der Waals surface area (Å²) in [4.78, 5) is 53.4. The predicted molar refractivity (Wildman–Crippen MR) is 110 cm³/mol. The highest BCUT2D eigenvalue weighted by atomic mass is 35.5. The Morgan fingerprint density at radius 2 is 1.76 bits per heavy atom. The van der Waals surface area contributed by atoms with Crippen LogP contribution in [0.25, 0.3) is 0 Å². The van der Waals surface area contributed by atoms with Gasteiger partial charge in [-0.3, -0.25) is 24.1 Å². The fourth-order valence-corrected chi connectivity index (χ4v) is 3.73. The minimum absolute atomic E-state index is 0.0448. The van der Waals surface area contributed by atoms with Gasteiger partial charge in [-0.05, 0) is 56.5 Å². The average molecular weight is 416 g/mol. The van der Waals surface area contributed by atoms with Crippen molar-refractivity contribution in [2.75, 3.05) is 4.90 Å². The molecule has 0 saturated carbocycles. The third-order valence-corrected chi connectivity index (χ3v) is 5.25. The predicted octanol–water partition coefficient (Wildman–Crippen LogP) is 2.93. The second kappa shape index (κ2) is 8.21. The van der Waals surface area contributed by atoms with Crippen molar-refractivity contribution in [3.63, 3.8) is 0 Å². The van der Waals surface area contributed by atoms with Crippen molar-refractivity contribution in [3.8, 4) is 0 Å². The van der Waals surface area contributed by atoms with Gasteiger partial charge in [-0.15, -0.1) is 0 Å². The molecule has 1 fully saturated rings. The maximum absolute atomic E-state index is 12.8. The zero-order valence-corrected chi connectivity index (χ0v) is 17.3. The molecule has 0 unspecified atom stereocenters. The topological polar surface area (TPSA) is 99.3 Å². The van der Waals surface area contributed by atoms with E-state index in [1.165, 1.54) is 12.1 Å². The van der Waals surface area contributed by atoms with Crippen molar-refractivity contribution in [1.29, 1.82) is 0 Å². The Bertz CT molecular complexity index is 1060. The van der Waals surface area contributed by atoms with Crippen LogP contribution in [0.2, 0.25) is 5.02 Å². The van der Waals surface area contributed by atoms with E-state index < -0.39 is 5.91 Å². The summed E-state index contributed by atoms with van der Waals surface area (Å²) in [7, 11) is 0. The largest absolute Gasteiger partial charge is 0.348 e. The highest BCUT2D eigenvalue weighted by Crippen LogP contribution is 2.31. The summed E-state index contributed by atoms with van der Waals surface area (Å²) in [5.74, 6) is -1.05. The Labute approximate surface area is 173 Å². The standard InChI is InChI=1S/C21H22ClN3O4/c1-11-7-12(2)24-21(29)16(11)10-23-20(28)15-8-14(22)9-17(13(15)3)25-18(26)5-4-6-19(25)27/h7-9H,4-6,10H2,1-3H3,(H,23,28)(H,24,29). The molecule has 1 aliphatic rings. The summed E-state index contributed by atoms with van der Waals surface area (Å²) in [5, 5.41) is 2.97. The zero-order chi connectivity index (χ0) is 21.3. The molecule has 0 atom stereocenters. The molecule has 7 nitrogen and oxygen atoms in total. The minimum atomic E-state index is -0.442. The zero-order valence-electron chi connectivity index (χ0n) is 16.5. The number of imide groups is 1. The molecule has 29 heavy (non-hydrogen) atoms. The van der Waals surface area contributed by atoms with E-state index in [1.807, 2.05) is 6.07 Å². The lowest BCUT2D eigenvalue weighted by molar-refractivity contribution is -0.129. The first-order valence-corrected chi connectivity index (χ1v) is 9.70. The minimum Gasteiger partial charge on any atom is -0.348 e. The number of rotatable bonds is 4. The molecule has 2 heterocycles. The molecule has 152 valence electrons. The third kappa shape index (κ3) is 4.24. The van der Waals surface area contributed by atoms with Crippen LogP contribution >= 0.6 is 11.6 Å². The van der Waals surface area contributed by atoms with Gasteiger partial charge < -0.3 is 10.3 Å². The number of aromatic amines is 1. The SMILES string of the molecule is Cc1cc(C)c(CNC(=O)c2cc(Cl)cc(N3C(=O)CCCC3=O)c2C)c(=O)[nH]1. The number of benzene rings is 1. The Kier molecular flexibility index (Phi) is 5.88. The van der Waals surface area contributed by atoms with Gasteiger partial charge in [-0.2, -0.15) is 0 Å². The first kappa shape index (κ1) is 20.8.